The fraction of sp³-hybridized carbons (Fsp3) is 0.118. The molecule has 1 unspecified atom stereocenters. The molecule has 10 heteroatoms. The second kappa shape index (κ2) is 5.63. The molecule has 1 atom stereocenters. The van der Waals surface area contributed by atoms with Gasteiger partial charge in [0.1, 0.15) is 11.4 Å². The number of quaternary nitrogens is 1. The third-order valence-electron chi connectivity index (χ3n) is 4.47. The Balaban J connectivity index is 1.81. The molecule has 0 bridgehead atoms. The van der Waals surface area contributed by atoms with Crippen LogP contribution in [0.3, 0.4) is 0 Å². The van der Waals surface area contributed by atoms with E-state index in [1.807, 2.05) is 0 Å². The predicted molar refractivity (Wildman–Crippen MR) is 90.2 cm³/mol. The fourth-order valence-corrected chi connectivity index (χ4v) is 3.14. The molecule has 4 rings (SSSR count). The molecule has 0 radical (unpaired) electrons. The van der Waals surface area contributed by atoms with E-state index in [2.05, 4.69) is 0 Å². The van der Waals surface area contributed by atoms with E-state index in [-0.39, 0.29) is 11.4 Å². The van der Waals surface area contributed by atoms with E-state index in [0.29, 0.717) is 11.4 Å². The van der Waals surface area contributed by atoms with Gasteiger partial charge in [-0.25, -0.2) is 0 Å². The Morgan fingerprint density at radius 3 is 2.19 bits per heavy atom. The maximum absolute atomic E-state index is 12.9. The highest BCUT2D eigenvalue weighted by molar-refractivity contribution is 6.13. The van der Waals surface area contributed by atoms with Crippen LogP contribution in [0.5, 0.6) is 0 Å². The summed E-state index contributed by atoms with van der Waals surface area (Å²) in [5.41, 5.74) is -0.257. The van der Waals surface area contributed by atoms with Crippen molar-refractivity contribution in [2.24, 2.45) is 0 Å². The Labute approximate surface area is 151 Å². The minimum absolute atomic E-state index is 0.0142. The first-order chi connectivity index (χ1) is 12.7. The molecule has 2 aliphatic rings. The minimum atomic E-state index is -4.52. The van der Waals surface area contributed by atoms with Gasteiger partial charge in [-0.3, -0.25) is 4.79 Å². The van der Waals surface area contributed by atoms with Crippen LogP contribution >= 0.6 is 0 Å². The molecule has 27 heavy (non-hydrogen) atoms. The van der Waals surface area contributed by atoms with Gasteiger partial charge in [0, 0.05) is 7.05 Å². The maximum atomic E-state index is 12.9. The molecule has 0 aromatic heterocycles. The molecule has 2 N–H and O–H groups in total. The van der Waals surface area contributed by atoms with Crippen LogP contribution in [0.2, 0.25) is 0 Å². The highest BCUT2D eigenvalue weighted by atomic mass is 19.4. The van der Waals surface area contributed by atoms with Crippen molar-refractivity contribution in [3.8, 4) is 0 Å². The van der Waals surface area contributed by atoms with Crippen LogP contribution < -0.4 is 20.2 Å². The fourth-order valence-electron chi connectivity index (χ4n) is 3.14. The number of hydrogen-bond acceptors (Lipinski definition) is 5. The van der Waals surface area contributed by atoms with E-state index in [0.717, 1.165) is 34.3 Å². The highest BCUT2D eigenvalue weighted by Gasteiger charge is 2.48. The van der Waals surface area contributed by atoms with Crippen LogP contribution in [0.1, 0.15) is 5.56 Å². The van der Waals surface area contributed by atoms with E-state index >= 15 is 0 Å². The zero-order chi connectivity index (χ0) is 19.5. The first-order valence-corrected chi connectivity index (χ1v) is 7.83. The van der Waals surface area contributed by atoms with Crippen molar-refractivity contribution in [3.63, 3.8) is 0 Å². The number of amides is 1. The number of hydrogen-bond donors (Lipinski definition) is 2. The maximum Gasteiger partial charge on any atom is 0.416 e. The summed E-state index contributed by atoms with van der Waals surface area (Å²) in [4.78, 5) is 13.9. The van der Waals surface area contributed by atoms with Crippen LogP contribution in [-0.4, -0.2) is 18.1 Å². The Kier molecular flexibility index (Phi) is 3.58. The topological polar surface area (TPSA) is 74.5 Å². The van der Waals surface area contributed by atoms with Crippen LogP contribution in [0.25, 0.3) is 0 Å². The third kappa shape index (κ3) is 2.41. The van der Waals surface area contributed by atoms with Gasteiger partial charge in [-0.2, -0.15) is 23.5 Å². The number of nitrogens with one attached hydrogen (secondary N) is 1. The number of halogens is 3. The number of fused-ring (bicyclic) bond motifs is 3. The van der Waals surface area contributed by atoms with Gasteiger partial charge in [0.15, 0.2) is 0 Å². The summed E-state index contributed by atoms with van der Waals surface area (Å²) < 4.78 is 38.3. The van der Waals surface area contributed by atoms with Crippen LogP contribution in [0, 0.1) is 5.21 Å². The quantitative estimate of drug-likeness (QED) is 0.742. The highest BCUT2D eigenvalue weighted by Crippen LogP contribution is 2.38. The predicted octanol–water partition coefficient (Wildman–Crippen LogP) is 1.95. The van der Waals surface area contributed by atoms with Crippen molar-refractivity contribution in [3.05, 3.63) is 70.9 Å². The molecule has 2 aromatic carbocycles. The van der Waals surface area contributed by atoms with E-state index < -0.39 is 28.8 Å². The van der Waals surface area contributed by atoms with Crippen LogP contribution in [0.15, 0.2) is 60.1 Å². The molecule has 0 saturated carbocycles. The van der Waals surface area contributed by atoms with Gasteiger partial charge in [-0.15, -0.1) is 5.01 Å². The molecule has 2 aromatic rings. The summed E-state index contributed by atoms with van der Waals surface area (Å²) in [6, 6.07) is 10.4. The minimum Gasteiger partial charge on any atom is -0.581 e. The zero-order valence-corrected chi connectivity index (χ0v) is 13.9. The molecular weight excluding hydrogens is 365 g/mol. The normalized spacial score (nSPS) is 19.5. The molecule has 0 aliphatic carbocycles. The van der Waals surface area contributed by atoms with E-state index in [1.165, 1.54) is 11.9 Å². The van der Waals surface area contributed by atoms with Crippen molar-refractivity contribution in [1.82, 2.24) is 0 Å². The molecule has 0 spiro atoms. The number of aliphatic hydroxyl groups is 1. The average Bonchev–Trinajstić information content (AvgIpc) is 2.90. The number of benzene rings is 2. The zero-order valence-electron chi connectivity index (χ0n) is 13.9. The van der Waals surface area contributed by atoms with Gasteiger partial charge in [0.2, 0.25) is 5.70 Å². The summed E-state index contributed by atoms with van der Waals surface area (Å²) in [5.74, 6) is -1.24. The summed E-state index contributed by atoms with van der Waals surface area (Å²) in [7, 11) is 1.50. The van der Waals surface area contributed by atoms with E-state index in [9.17, 15) is 28.3 Å². The van der Waals surface area contributed by atoms with Gasteiger partial charge in [-0.05, 0) is 36.4 Å². The number of rotatable bonds is 1. The summed E-state index contributed by atoms with van der Waals surface area (Å²) in [6.07, 6.45) is -4.52. The molecule has 140 valence electrons. The monoisotopic (exact) mass is 378 g/mol. The Morgan fingerprint density at radius 1 is 1.00 bits per heavy atom. The number of likely N-dealkylation sites (N-methyl/N-ethyl adjacent to an activating group) is 1. The number of anilines is 3. The van der Waals surface area contributed by atoms with Crippen molar-refractivity contribution >= 4 is 23.0 Å². The third-order valence-corrected chi connectivity index (χ3v) is 4.47. The second-order valence-electron chi connectivity index (χ2n) is 6.02. The lowest BCUT2D eigenvalue weighted by Crippen LogP contribution is -3.19. The van der Waals surface area contributed by atoms with Gasteiger partial charge in [-0.1, -0.05) is 12.1 Å². The Morgan fingerprint density at radius 2 is 1.59 bits per heavy atom. The van der Waals surface area contributed by atoms with Gasteiger partial charge >= 0.3 is 6.18 Å². The smallest absolute Gasteiger partial charge is 0.416 e. The molecular formula is C17H13F3N4O3. The van der Waals surface area contributed by atoms with Crippen molar-refractivity contribution in [2.45, 2.75) is 6.18 Å². The Hall–Kier alpha value is -3.24. The summed E-state index contributed by atoms with van der Waals surface area (Å²) in [6.45, 7) is 0. The average molecular weight is 378 g/mol. The first kappa shape index (κ1) is 17.2. The largest absolute Gasteiger partial charge is 0.581 e. The number of alkyl halides is 3. The lowest BCUT2D eigenvalue weighted by Gasteiger charge is -2.38. The van der Waals surface area contributed by atoms with Gasteiger partial charge in [0.25, 0.3) is 11.8 Å². The molecule has 2 aliphatic heterocycles. The van der Waals surface area contributed by atoms with Crippen LogP contribution in [-0.2, 0) is 11.0 Å². The number of carbonyl (C=O) groups excluding carboxylic acids is 1. The summed E-state index contributed by atoms with van der Waals surface area (Å²) >= 11 is 0. The van der Waals surface area contributed by atoms with Gasteiger partial charge in [0.05, 0.1) is 11.3 Å². The number of para-hydroxylation sites is 2. The van der Waals surface area contributed by atoms with E-state index in [4.69, 9.17) is 0 Å². The molecule has 2 heterocycles. The lowest BCUT2D eigenvalue weighted by atomic mass is 10.1. The van der Waals surface area contributed by atoms with E-state index in [1.54, 1.807) is 24.3 Å². The molecule has 1 amide bonds. The molecule has 0 saturated heterocycles. The number of aliphatic hydroxyl groups excluding tert-OH is 1. The molecule has 0 fully saturated rings. The summed E-state index contributed by atoms with van der Waals surface area (Å²) in [5, 5.41) is 24.5. The van der Waals surface area contributed by atoms with Crippen LogP contribution in [0.4, 0.5) is 30.2 Å². The molecule has 7 nitrogen and oxygen atoms in total. The van der Waals surface area contributed by atoms with Gasteiger partial charge < -0.3 is 15.2 Å². The lowest BCUT2D eigenvalue weighted by molar-refractivity contribution is -0.854. The SMILES string of the molecule is CN1C(=O)C2=C(O)N(c3ccc(C(F)(F)F)cc3)[NH+]([O-])N2c2ccccc21. The van der Waals surface area contributed by atoms with Crippen molar-refractivity contribution in [2.75, 3.05) is 22.0 Å². The van der Waals surface area contributed by atoms with Crippen molar-refractivity contribution < 1.29 is 28.4 Å². The second-order valence-corrected chi connectivity index (χ2v) is 6.02. The Bertz CT molecular complexity index is 959. The van der Waals surface area contributed by atoms with Crippen molar-refractivity contribution in [1.29, 1.82) is 0 Å². The number of carbonyl (C=O) groups is 1. The standard InChI is InChI=1S/C17H13F3N4O3/c1-21-12-4-2-3-5-13(12)23-14(15(21)25)16(26)22(24(23)27)11-8-6-10(7-9-11)17(18,19)20/h2-9,24,26H,1H3. The number of nitrogens with zero attached hydrogens (tertiary/aromatic N) is 3. The first-order valence-electron chi connectivity index (χ1n) is 7.83.